The fraction of sp³-hybridized carbons (Fsp3) is 0.0370. The van der Waals surface area contributed by atoms with E-state index in [1.165, 1.54) is 11.1 Å². The maximum atomic E-state index is 6.82. The molecule has 4 heterocycles. The normalized spacial score (nSPS) is 13.3. The first-order valence-corrected chi connectivity index (χ1v) is 20.3. The smallest absolute Gasteiger partial charge is 0.235 e. The van der Waals surface area contributed by atoms with Crippen molar-refractivity contribution in [3.05, 3.63) is 188 Å². The molecular formula is C54H34N4O. The molecule has 1 aliphatic rings. The average Bonchev–Trinajstić information content (AvgIpc) is 3.97. The van der Waals surface area contributed by atoms with E-state index in [0.717, 1.165) is 117 Å². The van der Waals surface area contributed by atoms with Crippen LogP contribution < -0.4 is 0 Å². The number of benzene rings is 8. The van der Waals surface area contributed by atoms with E-state index < -0.39 is 0 Å². The molecule has 59 heavy (non-hydrogen) atoms. The van der Waals surface area contributed by atoms with Gasteiger partial charge < -0.3 is 8.98 Å². The van der Waals surface area contributed by atoms with Crippen LogP contribution in [0.5, 0.6) is 0 Å². The van der Waals surface area contributed by atoms with Crippen molar-refractivity contribution in [2.75, 3.05) is 0 Å². The van der Waals surface area contributed by atoms with Gasteiger partial charge in [-0.2, -0.15) is 0 Å². The van der Waals surface area contributed by atoms with Gasteiger partial charge in [0.25, 0.3) is 0 Å². The monoisotopic (exact) mass is 754 g/mol. The molecule has 0 atom stereocenters. The molecule has 13 rings (SSSR count). The van der Waals surface area contributed by atoms with E-state index in [1.54, 1.807) is 0 Å². The lowest BCUT2D eigenvalue weighted by Gasteiger charge is -2.16. The SMILES string of the molecule is C1=CCCC(c2nc(-n3c4ccccc4c4ccc5c6c7oc8ccccc8c7ccc6n(-c6cccc(-c7ccccc7)c6)c5c43)nc3c2ccc2ccccc23)=C1. The lowest BCUT2D eigenvalue weighted by Crippen LogP contribution is -2.06. The summed E-state index contributed by atoms with van der Waals surface area (Å²) in [5, 5.41) is 10.0. The molecule has 0 fully saturated rings. The van der Waals surface area contributed by atoms with Gasteiger partial charge >= 0.3 is 0 Å². The Morgan fingerprint density at radius 1 is 0.508 bits per heavy atom. The molecule has 0 N–H and O–H groups in total. The van der Waals surface area contributed by atoms with Crippen LogP contribution >= 0.6 is 0 Å². The van der Waals surface area contributed by atoms with E-state index in [-0.39, 0.29) is 0 Å². The molecule has 12 aromatic rings. The van der Waals surface area contributed by atoms with Crippen molar-refractivity contribution in [2.45, 2.75) is 12.8 Å². The second kappa shape index (κ2) is 12.4. The van der Waals surface area contributed by atoms with E-state index >= 15 is 0 Å². The van der Waals surface area contributed by atoms with Gasteiger partial charge in [0, 0.05) is 43.4 Å². The number of hydrogen-bond acceptors (Lipinski definition) is 3. The Morgan fingerprint density at radius 2 is 1.25 bits per heavy atom. The summed E-state index contributed by atoms with van der Waals surface area (Å²) in [5.41, 5.74) is 12.6. The molecule has 0 spiro atoms. The molecule has 0 saturated heterocycles. The maximum Gasteiger partial charge on any atom is 0.235 e. The van der Waals surface area contributed by atoms with Crippen LogP contribution in [0.2, 0.25) is 0 Å². The topological polar surface area (TPSA) is 48.8 Å². The van der Waals surface area contributed by atoms with Crippen LogP contribution in [0.3, 0.4) is 0 Å². The number of fused-ring (bicyclic) bond motifs is 14. The van der Waals surface area contributed by atoms with Gasteiger partial charge in [-0.25, -0.2) is 9.97 Å². The molecule has 5 heteroatoms. The molecule has 4 aromatic heterocycles. The number of hydrogen-bond donors (Lipinski definition) is 0. The highest BCUT2D eigenvalue weighted by Crippen LogP contribution is 2.46. The highest BCUT2D eigenvalue weighted by atomic mass is 16.3. The molecule has 0 radical (unpaired) electrons. The van der Waals surface area contributed by atoms with E-state index in [1.807, 2.05) is 6.07 Å². The Hall–Kier alpha value is -7.76. The minimum Gasteiger partial charge on any atom is -0.455 e. The summed E-state index contributed by atoms with van der Waals surface area (Å²) in [6, 6.07) is 58.6. The first kappa shape index (κ1) is 32.3. The van der Waals surface area contributed by atoms with Crippen molar-refractivity contribution in [1.29, 1.82) is 0 Å². The van der Waals surface area contributed by atoms with Gasteiger partial charge in [-0.05, 0) is 77.4 Å². The van der Waals surface area contributed by atoms with Crippen molar-refractivity contribution < 1.29 is 4.42 Å². The largest absolute Gasteiger partial charge is 0.455 e. The van der Waals surface area contributed by atoms with Crippen LogP contribution in [0, 0.1) is 0 Å². The van der Waals surface area contributed by atoms with Gasteiger partial charge in [-0.1, -0.05) is 140 Å². The minimum atomic E-state index is 0.654. The van der Waals surface area contributed by atoms with Crippen LogP contribution in [0.4, 0.5) is 0 Å². The van der Waals surface area contributed by atoms with Gasteiger partial charge in [0.1, 0.15) is 11.2 Å². The van der Waals surface area contributed by atoms with Gasteiger partial charge in [0.15, 0.2) is 0 Å². The van der Waals surface area contributed by atoms with Crippen LogP contribution in [-0.4, -0.2) is 19.1 Å². The van der Waals surface area contributed by atoms with Crippen molar-refractivity contribution in [3.63, 3.8) is 0 Å². The number of para-hydroxylation sites is 2. The Morgan fingerprint density at radius 3 is 2.15 bits per heavy atom. The van der Waals surface area contributed by atoms with E-state index in [2.05, 4.69) is 185 Å². The molecule has 5 nitrogen and oxygen atoms in total. The van der Waals surface area contributed by atoms with Gasteiger partial charge in [-0.15, -0.1) is 0 Å². The Kier molecular flexibility index (Phi) is 6.78. The fourth-order valence-corrected chi connectivity index (χ4v) is 9.74. The van der Waals surface area contributed by atoms with E-state index in [0.29, 0.717) is 5.95 Å². The first-order chi connectivity index (χ1) is 29.3. The number of rotatable bonds is 4. The standard InChI is InChI=1S/C54H34N4O/c1-3-14-33(15-4-1)36-19-13-20-37(32-36)57-46-31-30-42-40-23-10-12-25-47(40)59-53(42)48(46)43-29-28-41-39-22-9-11-24-45(39)58(51(41)52(43)57)54-55-49(35-17-5-2-6-18-35)44-27-26-34-16-7-8-21-38(34)50(44)56-54/h1-5,7-17,19-32H,6,18H2. The summed E-state index contributed by atoms with van der Waals surface area (Å²) in [6.07, 6.45) is 8.53. The average molecular weight is 755 g/mol. The lowest BCUT2D eigenvalue weighted by molar-refractivity contribution is 0.673. The van der Waals surface area contributed by atoms with Crippen LogP contribution in [0.15, 0.2) is 186 Å². The number of nitrogens with zero attached hydrogens (tertiary/aromatic N) is 4. The quantitative estimate of drug-likeness (QED) is 0.168. The summed E-state index contributed by atoms with van der Waals surface area (Å²) in [4.78, 5) is 11.2. The van der Waals surface area contributed by atoms with Crippen molar-refractivity contribution in [2.24, 2.45) is 0 Å². The van der Waals surface area contributed by atoms with Crippen LogP contribution in [-0.2, 0) is 0 Å². The van der Waals surface area contributed by atoms with Crippen molar-refractivity contribution >= 4 is 92.8 Å². The summed E-state index contributed by atoms with van der Waals surface area (Å²) >= 11 is 0. The van der Waals surface area contributed by atoms with Crippen LogP contribution in [0.25, 0.3) is 116 Å². The highest BCUT2D eigenvalue weighted by molar-refractivity contribution is 6.29. The molecule has 0 unspecified atom stereocenters. The summed E-state index contributed by atoms with van der Waals surface area (Å²) in [5.74, 6) is 0.654. The predicted molar refractivity (Wildman–Crippen MR) is 245 cm³/mol. The third-order valence-electron chi connectivity index (χ3n) is 12.4. The van der Waals surface area contributed by atoms with Crippen molar-refractivity contribution in [3.8, 4) is 22.8 Å². The zero-order chi connectivity index (χ0) is 38.6. The molecule has 0 bridgehead atoms. The molecular weight excluding hydrogens is 721 g/mol. The molecule has 8 aromatic carbocycles. The Labute approximate surface area is 338 Å². The second-order valence-corrected chi connectivity index (χ2v) is 15.6. The zero-order valence-electron chi connectivity index (χ0n) is 31.9. The fourth-order valence-electron chi connectivity index (χ4n) is 9.74. The third-order valence-corrected chi connectivity index (χ3v) is 12.4. The number of aromatic nitrogens is 4. The van der Waals surface area contributed by atoms with E-state index in [9.17, 15) is 0 Å². The third kappa shape index (κ3) is 4.67. The van der Waals surface area contributed by atoms with E-state index in [4.69, 9.17) is 14.4 Å². The second-order valence-electron chi connectivity index (χ2n) is 15.6. The van der Waals surface area contributed by atoms with Crippen LogP contribution in [0.1, 0.15) is 18.5 Å². The molecule has 276 valence electrons. The van der Waals surface area contributed by atoms with Gasteiger partial charge in [0.2, 0.25) is 5.95 Å². The number of furan rings is 1. The van der Waals surface area contributed by atoms with Crippen molar-refractivity contribution in [1.82, 2.24) is 19.1 Å². The maximum absolute atomic E-state index is 6.82. The summed E-state index contributed by atoms with van der Waals surface area (Å²) < 4.78 is 11.6. The molecule has 1 aliphatic carbocycles. The summed E-state index contributed by atoms with van der Waals surface area (Å²) in [6.45, 7) is 0. The first-order valence-electron chi connectivity index (χ1n) is 20.3. The molecule has 0 saturated carbocycles. The number of allylic oxidation sites excluding steroid dienone is 4. The lowest BCUT2D eigenvalue weighted by atomic mass is 9.97. The Bertz CT molecular complexity index is 3790. The summed E-state index contributed by atoms with van der Waals surface area (Å²) in [7, 11) is 0. The van der Waals surface area contributed by atoms with Gasteiger partial charge in [0.05, 0.1) is 38.7 Å². The predicted octanol–water partition coefficient (Wildman–Crippen LogP) is 14.3. The highest BCUT2D eigenvalue weighted by Gasteiger charge is 2.26. The van der Waals surface area contributed by atoms with Gasteiger partial charge in [-0.3, -0.25) is 4.57 Å². The Balaban J connectivity index is 1.23. The minimum absolute atomic E-state index is 0.654. The zero-order valence-corrected chi connectivity index (χ0v) is 31.9. The molecule has 0 aliphatic heterocycles. The molecule has 0 amide bonds.